The van der Waals surface area contributed by atoms with Gasteiger partial charge in [-0.25, -0.2) is 0 Å². The number of hydrogen-bond donors (Lipinski definition) is 2. The summed E-state index contributed by atoms with van der Waals surface area (Å²) < 4.78 is 0. The molecule has 0 spiro atoms. The first-order chi connectivity index (χ1) is 9.64. The normalized spacial score (nSPS) is 37.5. The van der Waals surface area contributed by atoms with E-state index < -0.39 is 5.60 Å². The van der Waals surface area contributed by atoms with Crippen LogP contribution in [0, 0.1) is 5.92 Å². The molecule has 3 unspecified atom stereocenters. The third-order valence-electron chi connectivity index (χ3n) is 6.02. The van der Waals surface area contributed by atoms with Gasteiger partial charge in [0, 0.05) is 12.0 Å². The van der Waals surface area contributed by atoms with Gasteiger partial charge in [-0.1, -0.05) is 44.0 Å². The maximum Gasteiger partial charge on any atom is 0.0781 e. The molecule has 0 bridgehead atoms. The summed E-state index contributed by atoms with van der Waals surface area (Å²) in [5.41, 5.74) is 8.13. The molecule has 2 aliphatic carbocycles. The van der Waals surface area contributed by atoms with E-state index in [4.69, 9.17) is 5.73 Å². The van der Waals surface area contributed by atoms with Gasteiger partial charge in [0.15, 0.2) is 0 Å². The predicted molar refractivity (Wildman–Crippen MR) is 82.7 cm³/mol. The fraction of sp³-hybridized carbons (Fsp3) is 0.667. The van der Waals surface area contributed by atoms with E-state index in [9.17, 15) is 5.11 Å². The Morgan fingerprint density at radius 3 is 2.75 bits per heavy atom. The minimum atomic E-state index is -0.628. The lowest BCUT2D eigenvalue weighted by Crippen LogP contribution is -2.61. The van der Waals surface area contributed by atoms with Gasteiger partial charge in [0.2, 0.25) is 0 Å². The molecule has 3 atom stereocenters. The molecule has 3 rings (SSSR count). The van der Waals surface area contributed by atoms with E-state index in [1.165, 1.54) is 17.5 Å². The predicted octanol–water partition coefficient (Wildman–Crippen LogP) is 3.16. The Kier molecular flexibility index (Phi) is 3.64. The molecular formula is C18H27NO. The summed E-state index contributed by atoms with van der Waals surface area (Å²) in [5, 5.41) is 11.6. The molecule has 0 heterocycles. The van der Waals surface area contributed by atoms with Crippen molar-refractivity contribution in [3.05, 3.63) is 35.4 Å². The van der Waals surface area contributed by atoms with Crippen molar-refractivity contribution in [3.63, 3.8) is 0 Å². The fourth-order valence-corrected chi connectivity index (χ4v) is 4.80. The minimum absolute atomic E-state index is 0.234. The molecule has 2 heteroatoms. The van der Waals surface area contributed by atoms with Crippen LogP contribution in [0.4, 0.5) is 0 Å². The third kappa shape index (κ3) is 1.85. The van der Waals surface area contributed by atoms with Crippen molar-refractivity contribution in [2.24, 2.45) is 11.7 Å². The summed E-state index contributed by atoms with van der Waals surface area (Å²) in [7, 11) is 0. The molecule has 3 N–H and O–H groups in total. The second-order valence-corrected chi connectivity index (χ2v) is 6.87. The molecule has 1 saturated carbocycles. The number of rotatable bonds is 2. The van der Waals surface area contributed by atoms with Crippen LogP contribution in [0.3, 0.4) is 0 Å². The van der Waals surface area contributed by atoms with Crippen molar-refractivity contribution < 1.29 is 5.11 Å². The summed E-state index contributed by atoms with van der Waals surface area (Å²) in [6.07, 6.45) is 7.70. The van der Waals surface area contributed by atoms with Crippen molar-refractivity contribution in [1.29, 1.82) is 0 Å². The second-order valence-electron chi connectivity index (χ2n) is 6.87. The monoisotopic (exact) mass is 273 g/mol. The lowest BCUT2D eigenvalue weighted by atomic mass is 9.54. The molecule has 0 aromatic heterocycles. The van der Waals surface area contributed by atoms with Gasteiger partial charge in [-0.3, -0.25) is 0 Å². The highest BCUT2D eigenvalue weighted by Gasteiger charge is 2.55. The SMILES string of the molecule is CC1CCCCC1(O)C1(CN)CCCc2ccccc21. The first-order valence-electron chi connectivity index (χ1n) is 8.15. The molecule has 0 amide bonds. The van der Waals surface area contributed by atoms with Crippen molar-refractivity contribution in [1.82, 2.24) is 0 Å². The third-order valence-corrected chi connectivity index (χ3v) is 6.02. The lowest BCUT2D eigenvalue weighted by molar-refractivity contribution is -0.109. The number of aryl methyl sites for hydroxylation is 1. The topological polar surface area (TPSA) is 46.2 Å². The molecule has 0 aliphatic heterocycles. The number of benzene rings is 1. The zero-order valence-electron chi connectivity index (χ0n) is 12.6. The highest BCUT2D eigenvalue weighted by molar-refractivity contribution is 5.40. The van der Waals surface area contributed by atoms with E-state index in [0.29, 0.717) is 12.5 Å². The smallest absolute Gasteiger partial charge is 0.0781 e. The van der Waals surface area contributed by atoms with Gasteiger partial charge in [-0.05, 0) is 49.1 Å². The lowest BCUT2D eigenvalue weighted by Gasteiger charge is -2.54. The molecule has 1 fully saturated rings. The summed E-state index contributed by atoms with van der Waals surface area (Å²) in [5.74, 6) is 0.339. The van der Waals surface area contributed by atoms with Crippen LogP contribution in [-0.4, -0.2) is 17.3 Å². The summed E-state index contributed by atoms with van der Waals surface area (Å²) in [6.45, 7) is 2.78. The standard InChI is InChI=1S/C18H27NO/c1-14-7-4-5-12-18(14,20)17(13-19)11-6-9-15-8-2-3-10-16(15)17/h2-3,8,10,14,20H,4-7,9,11-13,19H2,1H3. The molecule has 20 heavy (non-hydrogen) atoms. The van der Waals surface area contributed by atoms with Crippen LogP contribution in [0.2, 0.25) is 0 Å². The first-order valence-corrected chi connectivity index (χ1v) is 8.15. The Hall–Kier alpha value is -0.860. The van der Waals surface area contributed by atoms with Crippen LogP contribution in [0.5, 0.6) is 0 Å². The Morgan fingerprint density at radius 1 is 1.20 bits per heavy atom. The van der Waals surface area contributed by atoms with Crippen molar-refractivity contribution in [2.45, 2.75) is 62.9 Å². The van der Waals surface area contributed by atoms with Gasteiger partial charge < -0.3 is 10.8 Å². The Balaban J connectivity index is 2.13. The van der Waals surface area contributed by atoms with Crippen LogP contribution in [-0.2, 0) is 11.8 Å². The highest BCUT2D eigenvalue weighted by atomic mass is 16.3. The summed E-state index contributed by atoms with van der Waals surface area (Å²) in [6, 6.07) is 8.64. The molecule has 0 radical (unpaired) electrons. The molecule has 2 nitrogen and oxygen atoms in total. The van der Waals surface area contributed by atoms with E-state index in [0.717, 1.165) is 38.5 Å². The van der Waals surface area contributed by atoms with Gasteiger partial charge in [0.05, 0.1) is 5.60 Å². The Morgan fingerprint density at radius 2 is 2.00 bits per heavy atom. The van der Waals surface area contributed by atoms with Crippen molar-refractivity contribution >= 4 is 0 Å². The average Bonchev–Trinajstić information content (AvgIpc) is 2.49. The zero-order chi connectivity index (χ0) is 14.2. The first kappa shape index (κ1) is 14.1. The number of aliphatic hydroxyl groups is 1. The van der Waals surface area contributed by atoms with Crippen LogP contribution < -0.4 is 5.73 Å². The van der Waals surface area contributed by atoms with E-state index in [1.54, 1.807) is 0 Å². The molecule has 1 aromatic rings. The number of nitrogens with two attached hydrogens (primary N) is 1. The largest absolute Gasteiger partial charge is 0.389 e. The van der Waals surface area contributed by atoms with Gasteiger partial charge in [-0.2, -0.15) is 0 Å². The second kappa shape index (κ2) is 5.16. The van der Waals surface area contributed by atoms with E-state index in [1.807, 2.05) is 0 Å². The molecule has 110 valence electrons. The molecular weight excluding hydrogens is 246 g/mol. The summed E-state index contributed by atoms with van der Waals surface area (Å²) >= 11 is 0. The van der Waals surface area contributed by atoms with Gasteiger partial charge in [-0.15, -0.1) is 0 Å². The van der Waals surface area contributed by atoms with Crippen LogP contribution >= 0.6 is 0 Å². The quantitative estimate of drug-likeness (QED) is 0.869. The van der Waals surface area contributed by atoms with Crippen LogP contribution in [0.1, 0.15) is 56.6 Å². The average molecular weight is 273 g/mol. The highest BCUT2D eigenvalue weighted by Crippen LogP contribution is 2.52. The van der Waals surface area contributed by atoms with E-state index >= 15 is 0 Å². The zero-order valence-corrected chi connectivity index (χ0v) is 12.6. The number of fused-ring (bicyclic) bond motifs is 1. The van der Waals surface area contributed by atoms with E-state index in [-0.39, 0.29) is 5.41 Å². The molecule has 0 saturated heterocycles. The van der Waals surface area contributed by atoms with Crippen LogP contribution in [0.15, 0.2) is 24.3 Å². The number of hydrogen-bond acceptors (Lipinski definition) is 2. The molecule has 2 aliphatic rings. The van der Waals surface area contributed by atoms with Gasteiger partial charge >= 0.3 is 0 Å². The van der Waals surface area contributed by atoms with Crippen molar-refractivity contribution in [2.75, 3.05) is 6.54 Å². The maximum atomic E-state index is 11.6. The fourth-order valence-electron chi connectivity index (χ4n) is 4.80. The van der Waals surface area contributed by atoms with E-state index in [2.05, 4.69) is 31.2 Å². The Bertz CT molecular complexity index is 486. The Labute approximate surface area is 122 Å². The van der Waals surface area contributed by atoms with Gasteiger partial charge in [0.25, 0.3) is 0 Å². The summed E-state index contributed by atoms with van der Waals surface area (Å²) in [4.78, 5) is 0. The van der Waals surface area contributed by atoms with Crippen LogP contribution in [0.25, 0.3) is 0 Å². The maximum absolute atomic E-state index is 11.6. The van der Waals surface area contributed by atoms with Crippen molar-refractivity contribution in [3.8, 4) is 0 Å². The minimum Gasteiger partial charge on any atom is -0.389 e. The van der Waals surface area contributed by atoms with Gasteiger partial charge in [0.1, 0.15) is 0 Å². The molecule has 1 aromatic carbocycles.